The number of hydrogen-bond acceptors (Lipinski definition) is 5. The van der Waals surface area contributed by atoms with Crippen molar-refractivity contribution in [2.24, 2.45) is 0 Å². The maximum absolute atomic E-state index is 6.27. The molecule has 0 amide bonds. The highest BCUT2D eigenvalue weighted by Crippen LogP contribution is 2.37. The lowest BCUT2D eigenvalue weighted by Gasteiger charge is -2.10. The molecule has 0 aliphatic carbocycles. The predicted octanol–water partition coefficient (Wildman–Crippen LogP) is 4.68. The van der Waals surface area contributed by atoms with Crippen molar-refractivity contribution in [2.75, 3.05) is 14.2 Å². The number of nitrogens with zero attached hydrogens (tertiary/aromatic N) is 2. The van der Waals surface area contributed by atoms with E-state index in [1.54, 1.807) is 32.4 Å². The first kappa shape index (κ1) is 14.4. The minimum absolute atomic E-state index is 0.348. The van der Waals surface area contributed by atoms with Crippen molar-refractivity contribution in [3.05, 3.63) is 33.8 Å². The second-order valence-electron chi connectivity index (χ2n) is 4.16. The van der Waals surface area contributed by atoms with Crippen LogP contribution in [0.2, 0.25) is 10.2 Å². The first-order valence-electron chi connectivity index (χ1n) is 5.96. The van der Waals surface area contributed by atoms with Crippen molar-refractivity contribution in [3.8, 4) is 22.2 Å². The van der Waals surface area contributed by atoms with Crippen molar-refractivity contribution in [2.45, 2.75) is 0 Å². The molecule has 0 bridgehead atoms. The molecule has 0 aliphatic rings. The summed E-state index contributed by atoms with van der Waals surface area (Å²) >= 11 is 13.9. The van der Waals surface area contributed by atoms with E-state index in [4.69, 9.17) is 32.7 Å². The molecule has 0 saturated carbocycles. The van der Waals surface area contributed by atoms with Gasteiger partial charge in [0.2, 0.25) is 0 Å². The normalized spacial score (nSPS) is 10.9. The van der Waals surface area contributed by atoms with Gasteiger partial charge < -0.3 is 9.47 Å². The lowest BCUT2D eigenvalue weighted by Crippen LogP contribution is -1.95. The van der Waals surface area contributed by atoms with Crippen molar-refractivity contribution in [1.29, 1.82) is 0 Å². The monoisotopic (exact) mass is 340 g/mol. The number of hydrogen-bond donors (Lipinski definition) is 0. The molecule has 0 spiro atoms. The van der Waals surface area contributed by atoms with Gasteiger partial charge in [-0.25, -0.2) is 9.97 Å². The van der Waals surface area contributed by atoms with Crippen molar-refractivity contribution >= 4 is 45.4 Å². The molecular weight excluding hydrogens is 331 g/mol. The third-order valence-corrected chi connectivity index (χ3v) is 4.60. The van der Waals surface area contributed by atoms with E-state index in [2.05, 4.69) is 9.97 Å². The largest absolute Gasteiger partial charge is 0.493 e. The predicted molar refractivity (Wildman–Crippen MR) is 86.0 cm³/mol. The number of rotatable bonds is 3. The Morgan fingerprint density at radius 3 is 2.38 bits per heavy atom. The maximum Gasteiger partial charge on any atom is 0.173 e. The van der Waals surface area contributed by atoms with Crippen LogP contribution in [-0.4, -0.2) is 24.2 Å². The third kappa shape index (κ3) is 2.52. The fourth-order valence-corrected chi connectivity index (χ4v) is 3.28. The number of halogens is 2. The Labute approximate surface area is 135 Å². The first-order chi connectivity index (χ1) is 10.1. The Kier molecular flexibility index (Phi) is 3.89. The quantitative estimate of drug-likeness (QED) is 0.649. The smallest absolute Gasteiger partial charge is 0.173 e. The van der Waals surface area contributed by atoms with Crippen LogP contribution >= 0.6 is 34.5 Å². The molecule has 2 heterocycles. The molecular formula is C14H10Cl2N2O2S. The number of fused-ring (bicyclic) bond motifs is 1. The zero-order chi connectivity index (χ0) is 15.0. The van der Waals surface area contributed by atoms with Gasteiger partial charge in [-0.1, -0.05) is 23.2 Å². The minimum atomic E-state index is 0.348. The minimum Gasteiger partial charge on any atom is -0.493 e. The van der Waals surface area contributed by atoms with Gasteiger partial charge in [-0.15, -0.1) is 11.3 Å². The fourth-order valence-electron chi connectivity index (χ4n) is 1.97. The van der Waals surface area contributed by atoms with Gasteiger partial charge in [-0.2, -0.15) is 0 Å². The van der Waals surface area contributed by atoms with Crippen LogP contribution in [0.1, 0.15) is 0 Å². The molecule has 4 nitrogen and oxygen atoms in total. The average Bonchev–Trinajstić information content (AvgIpc) is 2.92. The molecule has 21 heavy (non-hydrogen) atoms. The number of methoxy groups -OCH3 is 2. The molecule has 108 valence electrons. The summed E-state index contributed by atoms with van der Waals surface area (Å²) in [5.74, 6) is 1.67. The van der Waals surface area contributed by atoms with E-state index in [-0.39, 0.29) is 0 Å². The standard InChI is InChI=1S/C14H10Cl2N2O2S/c1-19-10-5-7-9(6-11(10)20-2)17-14(18-13(7)16)12-8(15)3-4-21-12/h3-6H,1-2H3. The molecule has 0 N–H and O–H groups in total. The lowest BCUT2D eigenvalue weighted by molar-refractivity contribution is 0.356. The molecule has 0 fully saturated rings. The Morgan fingerprint density at radius 2 is 1.76 bits per heavy atom. The van der Waals surface area contributed by atoms with Crippen LogP contribution in [0.5, 0.6) is 11.5 Å². The Balaban J connectivity index is 2.26. The van der Waals surface area contributed by atoms with E-state index in [0.717, 1.165) is 4.88 Å². The van der Waals surface area contributed by atoms with Gasteiger partial charge in [0.05, 0.1) is 29.6 Å². The summed E-state index contributed by atoms with van der Waals surface area (Å²) in [6, 6.07) is 5.33. The zero-order valence-electron chi connectivity index (χ0n) is 11.2. The van der Waals surface area contributed by atoms with Crippen LogP contribution < -0.4 is 9.47 Å². The van der Waals surface area contributed by atoms with Crippen molar-refractivity contribution in [3.63, 3.8) is 0 Å². The van der Waals surface area contributed by atoms with Gasteiger partial charge in [0.15, 0.2) is 17.3 Å². The van der Waals surface area contributed by atoms with E-state index in [1.165, 1.54) is 11.3 Å². The third-order valence-electron chi connectivity index (χ3n) is 2.97. The number of ether oxygens (including phenoxy) is 2. The van der Waals surface area contributed by atoms with Crippen LogP contribution in [0.15, 0.2) is 23.6 Å². The van der Waals surface area contributed by atoms with Gasteiger partial charge in [-0.3, -0.25) is 0 Å². The Morgan fingerprint density at radius 1 is 1.05 bits per heavy atom. The van der Waals surface area contributed by atoms with Gasteiger partial charge in [0.25, 0.3) is 0 Å². The Hall–Kier alpha value is -1.56. The summed E-state index contributed by atoms with van der Waals surface area (Å²) in [6.07, 6.45) is 0. The maximum atomic E-state index is 6.27. The molecule has 1 aromatic carbocycles. The summed E-state index contributed by atoms with van der Waals surface area (Å²) < 4.78 is 10.5. The fraction of sp³-hybridized carbons (Fsp3) is 0.143. The van der Waals surface area contributed by atoms with E-state index < -0.39 is 0 Å². The highest BCUT2D eigenvalue weighted by atomic mass is 35.5. The van der Waals surface area contributed by atoms with Crippen LogP contribution in [0.3, 0.4) is 0 Å². The van der Waals surface area contributed by atoms with Crippen molar-refractivity contribution in [1.82, 2.24) is 9.97 Å². The van der Waals surface area contributed by atoms with Crippen LogP contribution in [0.25, 0.3) is 21.6 Å². The first-order valence-corrected chi connectivity index (χ1v) is 7.60. The van der Waals surface area contributed by atoms with E-state index >= 15 is 0 Å². The van der Waals surface area contributed by atoms with Gasteiger partial charge in [0, 0.05) is 11.5 Å². The summed E-state index contributed by atoms with van der Waals surface area (Å²) in [4.78, 5) is 9.62. The molecule has 3 aromatic rings. The number of thiophene rings is 1. The second-order valence-corrected chi connectivity index (χ2v) is 5.84. The summed E-state index contributed by atoms with van der Waals surface area (Å²) in [6.45, 7) is 0. The van der Waals surface area contributed by atoms with Crippen LogP contribution in [0, 0.1) is 0 Å². The summed E-state index contributed by atoms with van der Waals surface area (Å²) in [5.41, 5.74) is 0.673. The van der Waals surface area contributed by atoms with Gasteiger partial charge >= 0.3 is 0 Å². The lowest BCUT2D eigenvalue weighted by atomic mass is 10.2. The van der Waals surface area contributed by atoms with Crippen molar-refractivity contribution < 1.29 is 9.47 Å². The highest BCUT2D eigenvalue weighted by Gasteiger charge is 2.15. The summed E-state index contributed by atoms with van der Waals surface area (Å²) in [7, 11) is 3.14. The number of benzene rings is 1. The van der Waals surface area contributed by atoms with Gasteiger partial charge in [-0.05, 0) is 17.5 Å². The molecule has 0 saturated heterocycles. The Bertz CT molecular complexity index is 820. The topological polar surface area (TPSA) is 44.2 Å². The zero-order valence-corrected chi connectivity index (χ0v) is 13.5. The molecule has 0 unspecified atom stereocenters. The van der Waals surface area contributed by atoms with E-state index in [9.17, 15) is 0 Å². The van der Waals surface area contributed by atoms with E-state index in [0.29, 0.717) is 38.4 Å². The molecule has 2 aromatic heterocycles. The SMILES string of the molecule is COc1cc2nc(-c3sccc3Cl)nc(Cl)c2cc1OC. The molecule has 3 rings (SSSR count). The molecule has 0 aliphatic heterocycles. The molecule has 7 heteroatoms. The highest BCUT2D eigenvalue weighted by molar-refractivity contribution is 7.14. The molecule has 0 radical (unpaired) electrons. The van der Waals surface area contributed by atoms with Crippen LogP contribution in [0.4, 0.5) is 0 Å². The molecule has 0 atom stereocenters. The van der Waals surface area contributed by atoms with E-state index in [1.807, 2.05) is 5.38 Å². The average molecular weight is 341 g/mol. The van der Waals surface area contributed by atoms with Crippen LogP contribution in [-0.2, 0) is 0 Å². The number of aromatic nitrogens is 2. The summed E-state index contributed by atoms with van der Waals surface area (Å²) in [5, 5.41) is 3.54. The second kappa shape index (κ2) is 5.67. The van der Waals surface area contributed by atoms with Gasteiger partial charge in [0.1, 0.15) is 5.15 Å².